The van der Waals surface area contributed by atoms with Crippen molar-refractivity contribution >= 4 is 17.8 Å². The maximum Gasteiger partial charge on any atom is 0.329 e. The van der Waals surface area contributed by atoms with Crippen LogP contribution < -0.4 is 10.2 Å². The number of urea groups is 1. The number of piperidine rings is 1. The molecule has 1 atom stereocenters. The summed E-state index contributed by atoms with van der Waals surface area (Å²) in [6.07, 6.45) is 6.32. The molecule has 0 saturated carbocycles. The van der Waals surface area contributed by atoms with E-state index in [4.69, 9.17) is 0 Å². The van der Waals surface area contributed by atoms with Gasteiger partial charge in [-0.05, 0) is 25.3 Å². The quantitative estimate of drug-likeness (QED) is 0.727. The Morgan fingerprint density at radius 1 is 1.07 bits per heavy atom. The van der Waals surface area contributed by atoms with Crippen LogP contribution >= 0.6 is 0 Å². The molecule has 7 nitrogen and oxygen atoms in total. The highest BCUT2D eigenvalue weighted by Crippen LogP contribution is 2.28. The molecule has 0 aromatic heterocycles. The number of hydrogen-bond donors (Lipinski definition) is 2. The van der Waals surface area contributed by atoms with E-state index in [1.165, 1.54) is 22.6 Å². The predicted molar refractivity (Wildman–Crippen MR) is 113 cm³/mol. The fourth-order valence-electron chi connectivity index (χ4n) is 5.01. The molecular formula is C23H33N4O3+. The Kier molecular flexibility index (Phi) is 6.09. The van der Waals surface area contributed by atoms with Crippen molar-refractivity contribution in [2.75, 3.05) is 32.8 Å². The normalized spacial score (nSPS) is 30.2. The average Bonchev–Trinajstić information content (AvgIpc) is 2.96. The summed E-state index contributed by atoms with van der Waals surface area (Å²) in [7, 11) is 0. The Bertz CT molecular complexity index is 783. The van der Waals surface area contributed by atoms with E-state index in [1.54, 1.807) is 6.92 Å². The molecule has 0 radical (unpaired) electrons. The smallest absolute Gasteiger partial charge is 0.329 e. The zero-order valence-corrected chi connectivity index (χ0v) is 17.9. The third kappa shape index (κ3) is 4.08. The number of imide groups is 1. The number of likely N-dealkylation sites (tertiary alicyclic amines) is 2. The summed E-state index contributed by atoms with van der Waals surface area (Å²) in [4.78, 5) is 43.2. The van der Waals surface area contributed by atoms with E-state index in [9.17, 15) is 14.4 Å². The predicted octanol–water partition coefficient (Wildman–Crippen LogP) is 1.11. The summed E-state index contributed by atoms with van der Waals surface area (Å²) in [6.45, 7) is 5.53. The largest absolute Gasteiger partial charge is 0.342 e. The maximum absolute atomic E-state index is 13.1. The summed E-state index contributed by atoms with van der Waals surface area (Å²) in [5.74, 6) is 0.195. The minimum absolute atomic E-state index is 0.0875. The van der Waals surface area contributed by atoms with E-state index in [1.807, 2.05) is 30.3 Å². The standard InChI is InChI=1S/C23H32N4O3/c1-23(19-9-5-4-6-10-19)21(29)27(22(30)24-23)17-25-15-11-18(12-16-25)20(28)26-13-7-2-3-8-14-26/h4-6,9-10,18H,2-3,7-8,11-17H2,1H3,(H,24,30)/p+1/t23-/m0/s1. The van der Waals surface area contributed by atoms with E-state index in [-0.39, 0.29) is 17.9 Å². The van der Waals surface area contributed by atoms with Crippen LogP contribution in [-0.4, -0.2) is 60.5 Å². The summed E-state index contributed by atoms with van der Waals surface area (Å²) in [5, 5.41) is 2.88. The molecule has 3 aliphatic rings. The van der Waals surface area contributed by atoms with Gasteiger partial charge in [0.15, 0.2) is 6.67 Å². The van der Waals surface area contributed by atoms with Gasteiger partial charge in [-0.15, -0.1) is 0 Å². The van der Waals surface area contributed by atoms with Gasteiger partial charge in [-0.3, -0.25) is 9.59 Å². The second-order valence-corrected chi connectivity index (χ2v) is 9.08. The molecule has 2 N–H and O–H groups in total. The van der Waals surface area contributed by atoms with Crippen LogP contribution in [0.2, 0.25) is 0 Å². The molecule has 1 aromatic rings. The van der Waals surface area contributed by atoms with Crippen molar-refractivity contribution in [1.82, 2.24) is 15.1 Å². The number of carbonyl (C=O) groups excluding carboxylic acids is 3. The van der Waals surface area contributed by atoms with Crippen molar-refractivity contribution in [3.8, 4) is 0 Å². The van der Waals surface area contributed by atoms with Gasteiger partial charge in [0.25, 0.3) is 5.91 Å². The van der Waals surface area contributed by atoms with Crippen LogP contribution in [0.4, 0.5) is 4.79 Å². The number of rotatable bonds is 4. The van der Waals surface area contributed by atoms with Crippen LogP contribution in [0, 0.1) is 5.92 Å². The molecule has 162 valence electrons. The first kappa shape index (κ1) is 20.8. The summed E-state index contributed by atoms with van der Waals surface area (Å²) < 4.78 is 0. The number of benzene rings is 1. The molecule has 0 bridgehead atoms. The zero-order chi connectivity index (χ0) is 21.1. The highest BCUT2D eigenvalue weighted by atomic mass is 16.2. The molecule has 0 aliphatic carbocycles. The molecule has 3 fully saturated rings. The van der Waals surface area contributed by atoms with Gasteiger partial charge in [0.2, 0.25) is 5.91 Å². The van der Waals surface area contributed by atoms with Crippen molar-refractivity contribution in [3.05, 3.63) is 35.9 Å². The Labute approximate surface area is 178 Å². The number of quaternary nitrogens is 1. The number of hydrogen-bond acceptors (Lipinski definition) is 3. The Morgan fingerprint density at radius 2 is 1.70 bits per heavy atom. The summed E-state index contributed by atoms with van der Waals surface area (Å²) in [5.41, 5.74) is -0.221. The highest BCUT2D eigenvalue weighted by Gasteiger charge is 2.50. The van der Waals surface area contributed by atoms with Gasteiger partial charge in [0.05, 0.1) is 13.1 Å². The van der Waals surface area contributed by atoms with Gasteiger partial charge in [-0.2, -0.15) is 0 Å². The minimum Gasteiger partial charge on any atom is -0.342 e. The molecule has 7 heteroatoms. The van der Waals surface area contributed by atoms with Crippen molar-refractivity contribution in [2.45, 2.75) is 51.0 Å². The average molecular weight is 414 g/mol. The SMILES string of the molecule is C[C@@]1(c2ccccc2)NC(=O)N(C[NH+]2CCC(C(=O)N3CCCCCC3)CC2)C1=O. The maximum atomic E-state index is 13.1. The number of carbonyl (C=O) groups is 3. The molecule has 30 heavy (non-hydrogen) atoms. The van der Waals surface area contributed by atoms with E-state index in [0.717, 1.165) is 57.4 Å². The lowest BCUT2D eigenvalue weighted by Crippen LogP contribution is -3.14. The Morgan fingerprint density at radius 3 is 2.33 bits per heavy atom. The van der Waals surface area contributed by atoms with Gasteiger partial charge in [0, 0.05) is 31.8 Å². The van der Waals surface area contributed by atoms with Gasteiger partial charge in [0.1, 0.15) is 5.54 Å². The second kappa shape index (κ2) is 8.76. The van der Waals surface area contributed by atoms with Crippen LogP contribution in [0.15, 0.2) is 30.3 Å². The first-order chi connectivity index (χ1) is 14.5. The molecule has 3 aliphatic heterocycles. The molecule has 4 amide bonds. The second-order valence-electron chi connectivity index (χ2n) is 9.08. The fourth-order valence-corrected chi connectivity index (χ4v) is 5.01. The van der Waals surface area contributed by atoms with Crippen LogP contribution in [0.3, 0.4) is 0 Å². The van der Waals surface area contributed by atoms with Gasteiger partial charge < -0.3 is 15.1 Å². The van der Waals surface area contributed by atoms with Gasteiger partial charge >= 0.3 is 6.03 Å². The lowest BCUT2D eigenvalue weighted by Gasteiger charge is -2.33. The lowest BCUT2D eigenvalue weighted by atomic mass is 9.92. The zero-order valence-electron chi connectivity index (χ0n) is 17.9. The van der Waals surface area contributed by atoms with Crippen LogP contribution in [0.25, 0.3) is 0 Å². The van der Waals surface area contributed by atoms with E-state index in [2.05, 4.69) is 10.2 Å². The number of amides is 4. The fraction of sp³-hybridized carbons (Fsp3) is 0.609. The number of nitrogens with one attached hydrogen (secondary N) is 2. The highest BCUT2D eigenvalue weighted by molar-refractivity contribution is 6.07. The Balaban J connectivity index is 1.33. The molecular weight excluding hydrogens is 380 g/mol. The van der Waals surface area contributed by atoms with Crippen molar-refractivity contribution in [2.24, 2.45) is 5.92 Å². The first-order valence-corrected chi connectivity index (χ1v) is 11.3. The Hall–Kier alpha value is -2.41. The number of nitrogens with zero attached hydrogens (tertiary/aromatic N) is 2. The minimum atomic E-state index is -1.02. The van der Waals surface area contributed by atoms with E-state index < -0.39 is 5.54 Å². The van der Waals surface area contributed by atoms with Crippen molar-refractivity contribution < 1.29 is 19.3 Å². The van der Waals surface area contributed by atoms with Crippen LogP contribution in [0.5, 0.6) is 0 Å². The topological polar surface area (TPSA) is 74.2 Å². The lowest BCUT2D eigenvalue weighted by molar-refractivity contribution is -0.912. The van der Waals surface area contributed by atoms with Crippen molar-refractivity contribution in [1.29, 1.82) is 0 Å². The molecule has 0 spiro atoms. The third-order valence-corrected chi connectivity index (χ3v) is 6.97. The molecule has 3 heterocycles. The monoisotopic (exact) mass is 413 g/mol. The molecule has 1 aromatic carbocycles. The van der Waals surface area contributed by atoms with Gasteiger partial charge in [-0.1, -0.05) is 43.2 Å². The molecule has 0 unspecified atom stereocenters. The third-order valence-electron chi connectivity index (χ3n) is 6.97. The van der Waals surface area contributed by atoms with Crippen LogP contribution in [0.1, 0.15) is 51.0 Å². The summed E-state index contributed by atoms with van der Waals surface area (Å²) >= 11 is 0. The molecule has 3 saturated heterocycles. The first-order valence-electron chi connectivity index (χ1n) is 11.3. The molecule has 4 rings (SSSR count). The van der Waals surface area contributed by atoms with Crippen molar-refractivity contribution in [3.63, 3.8) is 0 Å². The summed E-state index contributed by atoms with van der Waals surface area (Å²) in [6, 6.07) is 9.05. The van der Waals surface area contributed by atoms with E-state index in [0.29, 0.717) is 12.6 Å². The van der Waals surface area contributed by atoms with Gasteiger partial charge in [-0.25, -0.2) is 9.69 Å². The van der Waals surface area contributed by atoms with Crippen LogP contribution in [-0.2, 0) is 15.1 Å². The van der Waals surface area contributed by atoms with E-state index >= 15 is 0 Å².